The maximum absolute atomic E-state index is 4.64. The Hall–Kier alpha value is -1.89. The van der Waals surface area contributed by atoms with E-state index in [0.717, 1.165) is 13.0 Å². The van der Waals surface area contributed by atoms with Gasteiger partial charge in [-0.1, -0.05) is 74.8 Å². The Balaban J connectivity index is 2.01. The second kappa shape index (κ2) is 9.19. The van der Waals surface area contributed by atoms with Crippen LogP contribution in [0.25, 0.3) is 6.08 Å². The van der Waals surface area contributed by atoms with Crippen LogP contribution in [0.4, 0.5) is 0 Å². The quantitative estimate of drug-likeness (QED) is 0.327. The van der Waals surface area contributed by atoms with E-state index in [-0.39, 0.29) is 0 Å². The molecule has 0 saturated carbocycles. The van der Waals surface area contributed by atoms with Crippen LogP contribution < -0.4 is 0 Å². The summed E-state index contributed by atoms with van der Waals surface area (Å²) in [6.45, 7) is 5.23. The number of hydrogen-bond donors (Lipinski definition) is 0. The van der Waals surface area contributed by atoms with Crippen LogP contribution in [0.2, 0.25) is 0 Å². The largest absolute Gasteiger partial charge is 0.293 e. The zero-order valence-electron chi connectivity index (χ0n) is 13.9. The van der Waals surface area contributed by atoms with Crippen LogP contribution in [0, 0.1) is 0 Å². The minimum absolute atomic E-state index is 0.938. The smallest absolute Gasteiger partial charge is 0.0389 e. The Morgan fingerprint density at radius 3 is 2.82 bits per heavy atom. The molecule has 1 nitrogen and oxygen atoms in total. The van der Waals surface area contributed by atoms with Crippen molar-refractivity contribution < 1.29 is 0 Å². The van der Waals surface area contributed by atoms with Gasteiger partial charge in [0.25, 0.3) is 0 Å². The van der Waals surface area contributed by atoms with Crippen LogP contribution in [0.3, 0.4) is 0 Å². The van der Waals surface area contributed by atoms with Gasteiger partial charge in [0.05, 0.1) is 0 Å². The molecule has 0 aromatic heterocycles. The molecule has 0 bridgehead atoms. The fraction of sp³-hybridized carbons (Fsp3) is 0.381. The maximum Gasteiger partial charge on any atom is 0.0389 e. The minimum Gasteiger partial charge on any atom is -0.293 e. The Kier molecular flexibility index (Phi) is 6.89. The van der Waals surface area contributed by atoms with Crippen LogP contribution in [-0.2, 0) is 6.42 Å². The van der Waals surface area contributed by atoms with E-state index in [1.54, 1.807) is 0 Å². The number of nitrogens with zero attached hydrogens (tertiary/aromatic N) is 1. The van der Waals surface area contributed by atoms with Crippen LogP contribution in [0.1, 0.15) is 50.7 Å². The molecule has 0 amide bonds. The van der Waals surface area contributed by atoms with E-state index in [4.69, 9.17) is 0 Å². The Morgan fingerprint density at radius 2 is 2.05 bits per heavy atom. The third-order valence-electron chi connectivity index (χ3n) is 3.98. The molecule has 0 atom stereocenters. The van der Waals surface area contributed by atoms with Crippen molar-refractivity contribution in [3.8, 4) is 0 Å². The van der Waals surface area contributed by atoms with Crippen molar-refractivity contribution in [3.63, 3.8) is 0 Å². The Labute approximate surface area is 135 Å². The van der Waals surface area contributed by atoms with E-state index in [1.807, 2.05) is 6.92 Å². The summed E-state index contributed by atoms with van der Waals surface area (Å²) in [5.74, 6) is 0. The highest BCUT2D eigenvalue weighted by atomic mass is 14.7. The normalized spacial score (nSPS) is 14.8. The second-order valence-electron chi connectivity index (χ2n) is 5.79. The lowest BCUT2D eigenvalue weighted by atomic mass is 10.0. The van der Waals surface area contributed by atoms with E-state index < -0.39 is 0 Å². The maximum atomic E-state index is 4.64. The van der Waals surface area contributed by atoms with E-state index in [1.165, 1.54) is 48.0 Å². The van der Waals surface area contributed by atoms with Gasteiger partial charge >= 0.3 is 0 Å². The van der Waals surface area contributed by atoms with Gasteiger partial charge in [-0.2, -0.15) is 0 Å². The lowest BCUT2D eigenvalue weighted by molar-refractivity contribution is 0.676. The first-order valence-corrected chi connectivity index (χ1v) is 8.46. The molecule has 1 aliphatic carbocycles. The van der Waals surface area contributed by atoms with Gasteiger partial charge in [-0.25, -0.2) is 0 Å². The van der Waals surface area contributed by atoms with E-state index in [0.29, 0.717) is 0 Å². The first-order valence-electron chi connectivity index (χ1n) is 8.46. The molecule has 116 valence electrons. The molecule has 0 fully saturated rings. The van der Waals surface area contributed by atoms with E-state index in [2.05, 4.69) is 66.7 Å². The lowest BCUT2D eigenvalue weighted by Gasteiger charge is -2.03. The Bertz CT molecular complexity index is 588. The molecule has 0 radical (unpaired) electrons. The standard InChI is InChI=1S/C21H27N/c1-3-5-7-10-14-22-17-20(11-6-4-2)21-15-18-12-8-9-13-19(18)16-21/h4,6,8-9,11-13,15,17H,3,5,7,10,14,16H2,1-2H3/b6-4+,20-11+,22-17-. The fourth-order valence-electron chi connectivity index (χ4n) is 2.69. The summed E-state index contributed by atoms with van der Waals surface area (Å²) in [4.78, 5) is 4.64. The third-order valence-corrected chi connectivity index (χ3v) is 3.98. The molecular weight excluding hydrogens is 266 g/mol. The molecule has 0 spiro atoms. The first-order chi connectivity index (χ1) is 10.8. The molecule has 0 saturated heterocycles. The number of fused-ring (bicyclic) bond motifs is 1. The van der Waals surface area contributed by atoms with Crippen molar-refractivity contribution in [3.05, 3.63) is 64.8 Å². The molecule has 1 aliphatic rings. The zero-order chi connectivity index (χ0) is 15.6. The number of hydrogen-bond acceptors (Lipinski definition) is 1. The highest BCUT2D eigenvalue weighted by Crippen LogP contribution is 2.28. The molecule has 22 heavy (non-hydrogen) atoms. The monoisotopic (exact) mass is 293 g/mol. The zero-order valence-corrected chi connectivity index (χ0v) is 13.9. The average Bonchev–Trinajstić information content (AvgIpc) is 2.97. The molecule has 2 rings (SSSR count). The van der Waals surface area contributed by atoms with Gasteiger partial charge in [-0.3, -0.25) is 4.99 Å². The van der Waals surface area contributed by atoms with Gasteiger partial charge < -0.3 is 0 Å². The number of unbranched alkanes of at least 4 members (excludes halogenated alkanes) is 3. The van der Waals surface area contributed by atoms with Crippen LogP contribution in [-0.4, -0.2) is 12.8 Å². The van der Waals surface area contributed by atoms with Crippen LogP contribution in [0.5, 0.6) is 0 Å². The molecule has 1 aromatic carbocycles. The van der Waals surface area contributed by atoms with Crippen molar-refractivity contribution >= 4 is 12.3 Å². The van der Waals surface area contributed by atoms with Gasteiger partial charge in [-0.05, 0) is 42.0 Å². The fourth-order valence-corrected chi connectivity index (χ4v) is 2.69. The van der Waals surface area contributed by atoms with E-state index >= 15 is 0 Å². The van der Waals surface area contributed by atoms with Gasteiger partial charge in [0, 0.05) is 12.8 Å². The van der Waals surface area contributed by atoms with Crippen molar-refractivity contribution in [1.29, 1.82) is 0 Å². The number of allylic oxidation sites excluding steroid dienone is 5. The van der Waals surface area contributed by atoms with Crippen molar-refractivity contribution in [2.24, 2.45) is 4.99 Å². The van der Waals surface area contributed by atoms with Crippen molar-refractivity contribution in [1.82, 2.24) is 0 Å². The Morgan fingerprint density at radius 1 is 1.18 bits per heavy atom. The molecule has 0 aliphatic heterocycles. The summed E-state index contributed by atoms with van der Waals surface area (Å²) in [7, 11) is 0. The lowest BCUT2D eigenvalue weighted by Crippen LogP contribution is -1.93. The van der Waals surface area contributed by atoms with Crippen molar-refractivity contribution in [2.75, 3.05) is 6.54 Å². The summed E-state index contributed by atoms with van der Waals surface area (Å²) in [5, 5.41) is 0. The van der Waals surface area contributed by atoms with Crippen LogP contribution in [0.15, 0.2) is 58.6 Å². The summed E-state index contributed by atoms with van der Waals surface area (Å²) >= 11 is 0. The number of benzene rings is 1. The highest BCUT2D eigenvalue weighted by Gasteiger charge is 2.13. The van der Waals surface area contributed by atoms with Gasteiger partial charge in [0.2, 0.25) is 0 Å². The predicted molar refractivity (Wildman–Crippen MR) is 98.5 cm³/mol. The SMILES string of the molecule is C/C=C/C=C(\C=N/CCCCCC)C1=Cc2ccccc2C1. The average molecular weight is 293 g/mol. The minimum atomic E-state index is 0.938. The number of aliphatic imine (C=N–C) groups is 1. The third kappa shape index (κ3) is 4.84. The van der Waals surface area contributed by atoms with Crippen LogP contribution >= 0.6 is 0 Å². The van der Waals surface area contributed by atoms with Crippen molar-refractivity contribution in [2.45, 2.75) is 46.0 Å². The summed E-state index contributed by atoms with van der Waals surface area (Å²) < 4.78 is 0. The molecule has 0 N–H and O–H groups in total. The molecule has 1 aromatic rings. The van der Waals surface area contributed by atoms with Gasteiger partial charge in [0.15, 0.2) is 0 Å². The molecule has 0 heterocycles. The molecule has 1 heteroatoms. The topological polar surface area (TPSA) is 12.4 Å². The number of rotatable bonds is 8. The van der Waals surface area contributed by atoms with Gasteiger partial charge in [-0.15, -0.1) is 0 Å². The summed E-state index contributed by atoms with van der Waals surface area (Å²) in [5.41, 5.74) is 5.38. The summed E-state index contributed by atoms with van der Waals surface area (Å²) in [6, 6.07) is 8.63. The molecule has 0 unspecified atom stereocenters. The second-order valence-corrected chi connectivity index (χ2v) is 5.79. The molecular formula is C21H27N. The van der Waals surface area contributed by atoms with Gasteiger partial charge in [0.1, 0.15) is 0 Å². The predicted octanol–water partition coefficient (Wildman–Crippen LogP) is 5.78. The summed E-state index contributed by atoms with van der Waals surface area (Å²) in [6.07, 6.45) is 16.8. The van der Waals surface area contributed by atoms with E-state index in [9.17, 15) is 0 Å². The highest BCUT2D eigenvalue weighted by molar-refractivity contribution is 5.89. The first kappa shape index (κ1) is 16.5.